The first-order chi connectivity index (χ1) is 18.0. The number of nitrogens with one attached hydrogen (secondary N) is 2. The van der Waals surface area contributed by atoms with E-state index in [-0.39, 0.29) is 34.4 Å². The highest BCUT2D eigenvalue weighted by Gasteiger charge is 2.55. The number of carboxylic acid groups (broad SMARTS) is 1. The number of amides is 2. The first kappa shape index (κ1) is 25.0. The Morgan fingerprint density at radius 1 is 1.16 bits per heavy atom. The topological polar surface area (TPSA) is 98.3 Å². The molecule has 2 fully saturated rings. The van der Waals surface area contributed by atoms with Gasteiger partial charge in [-0.05, 0) is 59.9 Å². The third-order valence-electron chi connectivity index (χ3n) is 8.15. The first-order valence-electron chi connectivity index (χ1n) is 12.7. The molecular weight excluding hydrogens is 558 g/mol. The summed E-state index contributed by atoms with van der Waals surface area (Å²) < 4.78 is 31.4. The highest BCUT2D eigenvalue weighted by Crippen LogP contribution is 2.58. The second-order valence-corrected chi connectivity index (χ2v) is 12.0. The first-order valence-corrected chi connectivity index (χ1v) is 13.5. The number of likely N-dealkylation sites (tertiary alicyclic amines) is 1. The Labute approximate surface area is 226 Å². The summed E-state index contributed by atoms with van der Waals surface area (Å²) in [6.45, 7) is 4.17. The second kappa shape index (κ2) is 8.62. The molecule has 1 aliphatic heterocycles. The summed E-state index contributed by atoms with van der Waals surface area (Å²) in [7, 11) is 0. The summed E-state index contributed by atoms with van der Waals surface area (Å²) in [5, 5.41) is 11.6. The van der Waals surface area contributed by atoms with Crippen LogP contribution in [0.15, 0.2) is 47.1 Å². The fourth-order valence-electron chi connectivity index (χ4n) is 5.91. The van der Waals surface area contributed by atoms with E-state index in [0.29, 0.717) is 39.2 Å². The number of aromatic nitrogens is 2. The van der Waals surface area contributed by atoms with Crippen molar-refractivity contribution in [3.63, 3.8) is 0 Å². The van der Waals surface area contributed by atoms with Gasteiger partial charge < -0.3 is 20.3 Å². The SMILES string of the molecule is CC(C)C(NC(=O)O)C(=O)N1CC2(CC2)CC1c1ncc(-c2ccc3c(c2)C(F)(F)c2cc(Br)ccc2-3)[nH]1. The molecule has 2 aliphatic carbocycles. The summed E-state index contributed by atoms with van der Waals surface area (Å²) >= 11 is 3.30. The number of carbonyl (C=O) groups is 2. The molecule has 38 heavy (non-hydrogen) atoms. The number of rotatable bonds is 5. The van der Waals surface area contributed by atoms with Gasteiger partial charge in [-0.2, -0.15) is 8.78 Å². The van der Waals surface area contributed by atoms with Gasteiger partial charge in [-0.15, -0.1) is 0 Å². The van der Waals surface area contributed by atoms with Crippen molar-refractivity contribution in [2.75, 3.05) is 6.54 Å². The standard InChI is InChI=1S/C28H27BrF2N4O3/c1-14(2)23(34-26(37)38)25(36)35-13-27(7-8-27)11-22(35)24-32-12-21(33-24)15-3-5-17-18-6-4-16(29)10-20(18)28(30,31)19(17)9-15/h3-6,9-10,12,14,22-23,34H,7-8,11,13H2,1-2H3,(H,32,33)(H,37,38). The Hall–Kier alpha value is -3.27. The monoisotopic (exact) mass is 584 g/mol. The van der Waals surface area contributed by atoms with Crippen LogP contribution < -0.4 is 5.32 Å². The van der Waals surface area contributed by atoms with Gasteiger partial charge in [0.1, 0.15) is 11.9 Å². The van der Waals surface area contributed by atoms with Gasteiger partial charge >= 0.3 is 6.09 Å². The molecule has 7 nitrogen and oxygen atoms in total. The molecule has 1 aromatic heterocycles. The zero-order chi connectivity index (χ0) is 27.0. The van der Waals surface area contributed by atoms with Crippen molar-refractivity contribution in [1.82, 2.24) is 20.2 Å². The fourth-order valence-corrected chi connectivity index (χ4v) is 6.27. The zero-order valence-electron chi connectivity index (χ0n) is 20.9. The summed E-state index contributed by atoms with van der Waals surface area (Å²) in [4.78, 5) is 34.4. The zero-order valence-corrected chi connectivity index (χ0v) is 22.5. The van der Waals surface area contributed by atoms with Gasteiger partial charge in [0.15, 0.2) is 0 Å². The summed E-state index contributed by atoms with van der Waals surface area (Å²) in [5.41, 5.74) is 2.17. The van der Waals surface area contributed by atoms with Gasteiger partial charge in [0.05, 0.1) is 17.9 Å². The van der Waals surface area contributed by atoms with E-state index in [4.69, 9.17) is 0 Å². The normalized spacial score (nSPS) is 20.9. The maximum atomic E-state index is 15.4. The second-order valence-electron chi connectivity index (χ2n) is 11.1. The Morgan fingerprint density at radius 2 is 1.84 bits per heavy atom. The minimum atomic E-state index is -3.12. The average Bonchev–Trinajstić information content (AvgIpc) is 3.20. The third kappa shape index (κ3) is 4.00. The molecule has 198 valence electrons. The van der Waals surface area contributed by atoms with Gasteiger partial charge in [0.25, 0.3) is 5.92 Å². The largest absolute Gasteiger partial charge is 0.465 e. The van der Waals surface area contributed by atoms with E-state index in [0.717, 1.165) is 19.3 Å². The van der Waals surface area contributed by atoms with Gasteiger partial charge in [0, 0.05) is 27.7 Å². The molecule has 2 amide bonds. The molecule has 3 N–H and O–H groups in total. The number of hydrogen-bond acceptors (Lipinski definition) is 3. The van der Waals surface area contributed by atoms with E-state index in [1.54, 1.807) is 35.4 Å². The Bertz CT molecular complexity index is 1470. The van der Waals surface area contributed by atoms with Crippen LogP contribution in [0.25, 0.3) is 22.4 Å². The Kier molecular flexibility index (Phi) is 5.68. The molecule has 1 saturated carbocycles. The van der Waals surface area contributed by atoms with Crippen molar-refractivity contribution < 1.29 is 23.5 Å². The number of fused-ring (bicyclic) bond motifs is 3. The highest BCUT2D eigenvalue weighted by molar-refractivity contribution is 9.10. The van der Waals surface area contributed by atoms with Crippen LogP contribution in [0, 0.1) is 11.3 Å². The van der Waals surface area contributed by atoms with Crippen LogP contribution in [0.2, 0.25) is 0 Å². The predicted molar refractivity (Wildman–Crippen MR) is 141 cm³/mol. The Balaban J connectivity index is 1.31. The molecule has 10 heteroatoms. The van der Waals surface area contributed by atoms with Crippen LogP contribution in [0.5, 0.6) is 0 Å². The van der Waals surface area contributed by atoms with E-state index in [2.05, 4.69) is 31.2 Å². The van der Waals surface area contributed by atoms with Crippen LogP contribution in [0.3, 0.4) is 0 Å². The maximum Gasteiger partial charge on any atom is 0.405 e. The van der Waals surface area contributed by atoms with Crippen molar-refractivity contribution in [1.29, 1.82) is 0 Å². The molecule has 2 unspecified atom stereocenters. The van der Waals surface area contributed by atoms with Crippen LogP contribution in [-0.2, 0) is 10.7 Å². The van der Waals surface area contributed by atoms with E-state index in [1.807, 2.05) is 13.8 Å². The number of nitrogens with zero attached hydrogens (tertiary/aromatic N) is 2. The van der Waals surface area contributed by atoms with E-state index in [9.17, 15) is 14.7 Å². The number of benzene rings is 2. The Morgan fingerprint density at radius 3 is 2.50 bits per heavy atom. The number of halogens is 3. The van der Waals surface area contributed by atoms with Crippen LogP contribution >= 0.6 is 15.9 Å². The maximum absolute atomic E-state index is 15.4. The lowest BCUT2D eigenvalue weighted by Gasteiger charge is -2.29. The molecule has 3 aromatic rings. The molecule has 2 atom stereocenters. The van der Waals surface area contributed by atoms with Crippen molar-refractivity contribution in [3.05, 3.63) is 64.0 Å². The molecular formula is C28H27BrF2N4O3. The van der Waals surface area contributed by atoms with E-state index < -0.39 is 18.1 Å². The lowest BCUT2D eigenvalue weighted by atomic mass is 10.0. The van der Waals surface area contributed by atoms with Crippen molar-refractivity contribution >= 4 is 27.9 Å². The number of aromatic amines is 1. The highest BCUT2D eigenvalue weighted by atomic mass is 79.9. The summed E-state index contributed by atoms with van der Waals surface area (Å²) in [6.07, 6.45) is 3.13. The predicted octanol–water partition coefficient (Wildman–Crippen LogP) is 6.31. The number of carbonyl (C=O) groups excluding carboxylic acids is 1. The molecule has 0 radical (unpaired) electrons. The minimum absolute atomic E-state index is 0.0196. The third-order valence-corrected chi connectivity index (χ3v) is 8.64. The number of imidazole rings is 1. The summed E-state index contributed by atoms with van der Waals surface area (Å²) in [6, 6.07) is 8.75. The van der Waals surface area contributed by atoms with E-state index in [1.165, 1.54) is 12.1 Å². The van der Waals surface area contributed by atoms with Gasteiger partial charge in [-0.1, -0.05) is 48.0 Å². The summed E-state index contributed by atoms with van der Waals surface area (Å²) in [5.74, 6) is -3.03. The van der Waals surface area contributed by atoms with Gasteiger partial charge in [0.2, 0.25) is 5.91 Å². The molecule has 1 spiro atoms. The van der Waals surface area contributed by atoms with E-state index >= 15 is 8.78 Å². The molecule has 1 saturated heterocycles. The number of H-pyrrole nitrogens is 1. The number of alkyl halides is 2. The number of hydrogen-bond donors (Lipinski definition) is 3. The lowest BCUT2D eigenvalue weighted by molar-refractivity contribution is -0.135. The van der Waals surface area contributed by atoms with Crippen LogP contribution in [0.4, 0.5) is 13.6 Å². The van der Waals surface area contributed by atoms with Crippen molar-refractivity contribution in [2.45, 2.75) is 51.1 Å². The average molecular weight is 585 g/mol. The van der Waals surface area contributed by atoms with Crippen molar-refractivity contribution in [3.8, 4) is 22.4 Å². The molecule has 2 aromatic carbocycles. The molecule has 2 heterocycles. The fraction of sp³-hybridized carbons (Fsp3) is 0.393. The van der Waals surface area contributed by atoms with Crippen molar-refractivity contribution in [2.24, 2.45) is 11.3 Å². The molecule has 6 rings (SSSR count). The smallest absolute Gasteiger partial charge is 0.405 e. The lowest BCUT2D eigenvalue weighted by Crippen LogP contribution is -2.51. The minimum Gasteiger partial charge on any atom is -0.465 e. The van der Waals surface area contributed by atoms with Gasteiger partial charge in [-0.25, -0.2) is 9.78 Å². The quantitative estimate of drug-likeness (QED) is 0.327. The molecule has 3 aliphatic rings. The molecule has 0 bridgehead atoms. The van der Waals surface area contributed by atoms with Crippen LogP contribution in [-0.4, -0.2) is 44.6 Å². The van der Waals surface area contributed by atoms with Crippen LogP contribution in [0.1, 0.15) is 56.1 Å². The van der Waals surface area contributed by atoms with Gasteiger partial charge in [-0.3, -0.25) is 4.79 Å².